The minimum atomic E-state index is 0. The Bertz CT molecular complexity index is 3100. The summed E-state index contributed by atoms with van der Waals surface area (Å²) in [6.45, 7) is 19.3. The third-order valence-corrected chi connectivity index (χ3v) is 13.8. The normalized spacial score (nSPS) is 11.3. The first-order valence-corrected chi connectivity index (χ1v) is 24.9. The summed E-state index contributed by atoms with van der Waals surface area (Å²) in [5, 5.41) is 26.5. The molecule has 0 atom stereocenters. The van der Waals surface area contributed by atoms with Crippen LogP contribution in [0.4, 0.5) is 0 Å². The molecular weight excluding hydrogens is 1070 g/mol. The van der Waals surface area contributed by atoms with E-state index in [0.717, 1.165) is 89.8 Å². The van der Waals surface area contributed by atoms with E-state index in [9.17, 15) is 0 Å². The molecular formula is C63H60IrN9. The van der Waals surface area contributed by atoms with Crippen LogP contribution in [0.5, 0.6) is 0 Å². The average Bonchev–Trinajstić information content (AvgIpc) is 4.15. The first kappa shape index (κ1) is 50.5. The van der Waals surface area contributed by atoms with Crippen molar-refractivity contribution in [1.82, 2.24) is 44.3 Å². The molecule has 0 aliphatic rings. The van der Waals surface area contributed by atoms with Crippen molar-refractivity contribution >= 4 is 0 Å². The van der Waals surface area contributed by atoms with E-state index in [1.807, 2.05) is 0 Å². The Kier molecular flexibility index (Phi) is 15.1. The molecule has 9 nitrogen and oxygen atoms in total. The van der Waals surface area contributed by atoms with Crippen molar-refractivity contribution in [3.8, 4) is 51.2 Å². The molecule has 73 heavy (non-hydrogen) atoms. The molecule has 0 saturated heterocycles. The maximum absolute atomic E-state index is 4.53. The number of aromatic nitrogens is 9. The van der Waals surface area contributed by atoms with Gasteiger partial charge >= 0.3 is 20.1 Å². The van der Waals surface area contributed by atoms with Crippen molar-refractivity contribution in [1.29, 1.82) is 0 Å². The molecule has 3 heterocycles. The van der Waals surface area contributed by atoms with E-state index in [0.29, 0.717) is 0 Å². The summed E-state index contributed by atoms with van der Waals surface area (Å²) in [7, 11) is 0. The fraction of sp³-hybridized carbons (Fsp3) is 0.238. The summed E-state index contributed by atoms with van der Waals surface area (Å²) in [5.74, 6) is 2.37. The van der Waals surface area contributed by atoms with Gasteiger partial charge in [0.1, 0.15) is 19.0 Å². The Morgan fingerprint density at radius 3 is 0.808 bits per heavy atom. The summed E-state index contributed by atoms with van der Waals surface area (Å²) in [6.07, 6.45) is 10.8. The van der Waals surface area contributed by atoms with E-state index >= 15 is 0 Å². The van der Waals surface area contributed by atoms with Gasteiger partial charge in [0.05, 0.1) is 17.5 Å². The second-order valence-electron chi connectivity index (χ2n) is 19.8. The van der Waals surface area contributed by atoms with Crippen molar-refractivity contribution in [2.24, 2.45) is 0 Å². The van der Waals surface area contributed by atoms with E-state index < -0.39 is 0 Å². The molecule has 0 unspecified atom stereocenters. The van der Waals surface area contributed by atoms with Crippen LogP contribution in [0.25, 0.3) is 51.2 Å². The first-order valence-electron chi connectivity index (χ1n) is 24.9. The van der Waals surface area contributed by atoms with Crippen LogP contribution in [0, 0.1) is 80.5 Å². The van der Waals surface area contributed by atoms with Crippen LogP contribution in [0.3, 0.4) is 0 Å². The largest absolute Gasteiger partial charge is 3.00 e. The second-order valence-corrected chi connectivity index (χ2v) is 19.8. The Hall–Kier alpha value is -7.39. The van der Waals surface area contributed by atoms with E-state index in [2.05, 4.69) is 234 Å². The molecule has 3 aromatic heterocycles. The van der Waals surface area contributed by atoms with Gasteiger partial charge in [0.25, 0.3) is 0 Å². The predicted octanol–water partition coefficient (Wildman–Crippen LogP) is 13.0. The van der Waals surface area contributed by atoms with Crippen LogP contribution in [-0.2, 0) is 58.6 Å². The molecule has 0 saturated carbocycles. The van der Waals surface area contributed by atoms with Crippen LogP contribution in [0.1, 0.15) is 83.5 Å². The topological polar surface area (TPSA) is 92.1 Å². The number of rotatable bonds is 15. The van der Waals surface area contributed by atoms with Crippen molar-refractivity contribution in [3.63, 3.8) is 0 Å². The standard InChI is InChI=1S/C63H60N9.Ir/c1-40-28-43(4)58(44(5)29-40)70-37-64-67-61(70)55-22-16-49(17-23-55)10-13-52-34-53(14-11-50-18-24-56(25-19-50)62-68-65-38-71(62)59-45(6)30-41(2)31-46(59)7)36-54(35-52)15-12-51-20-26-57(27-21-51)63-69-66-39-72(63)60-47(8)32-42(3)33-48(60)9;/h16-22,24,26,28-39H,10-15H2,1-9H3;/q-3;+3. The summed E-state index contributed by atoms with van der Waals surface area (Å²) in [4.78, 5) is 0. The number of aryl methyl sites for hydroxylation is 15. The fourth-order valence-electron chi connectivity index (χ4n) is 10.8. The smallest absolute Gasteiger partial charge is 0.322 e. The van der Waals surface area contributed by atoms with E-state index in [-0.39, 0.29) is 20.1 Å². The van der Waals surface area contributed by atoms with Crippen LogP contribution < -0.4 is 0 Å². The van der Waals surface area contributed by atoms with E-state index in [1.165, 1.54) is 83.5 Å². The van der Waals surface area contributed by atoms with Gasteiger partial charge < -0.3 is 13.7 Å². The molecule has 0 amide bonds. The molecule has 0 aliphatic heterocycles. The molecule has 0 N–H and O–H groups in total. The Morgan fingerprint density at radius 2 is 0.575 bits per heavy atom. The number of hydrogen-bond acceptors (Lipinski definition) is 6. The number of hydrogen-bond donors (Lipinski definition) is 0. The van der Waals surface area contributed by atoms with Crippen molar-refractivity contribution in [2.75, 3.05) is 0 Å². The van der Waals surface area contributed by atoms with Gasteiger partial charge in [0.2, 0.25) is 0 Å². The van der Waals surface area contributed by atoms with Gasteiger partial charge in [-0.15, -0.1) is 121 Å². The monoisotopic (exact) mass is 1140 g/mol. The number of nitrogens with zero attached hydrogens (tertiary/aromatic N) is 9. The first-order chi connectivity index (χ1) is 34.8. The number of benzene rings is 7. The molecule has 0 radical (unpaired) electrons. The molecule has 10 aromatic rings. The third kappa shape index (κ3) is 11.0. The Balaban J connectivity index is 0.00000656. The molecule has 366 valence electrons. The maximum atomic E-state index is 4.53. The quantitative estimate of drug-likeness (QED) is 0.0950. The average molecular weight is 1140 g/mol. The van der Waals surface area contributed by atoms with Crippen LogP contribution in [0.15, 0.2) is 128 Å². The summed E-state index contributed by atoms with van der Waals surface area (Å²) in [5.41, 5.74) is 24.7. The molecule has 0 fully saturated rings. The zero-order valence-corrected chi connectivity index (χ0v) is 45.6. The zero-order chi connectivity index (χ0) is 50.0. The SMILES string of the molecule is Cc1cc(C)c(-n2cnnc2-c2[c-]cc(CCc3cc(CCc4c[c-]c(-c5nncn5-c5c(C)cc(C)cc5C)cc4)cc(CCc4c[c-]c(-c5nncn5-c5c(C)cc(C)cc5C)cc4)c3)cc2)c(C)c1.[Ir+3]. The third-order valence-electron chi connectivity index (χ3n) is 13.8. The molecule has 0 spiro atoms. The molecule has 7 aromatic carbocycles. The summed E-state index contributed by atoms with van der Waals surface area (Å²) in [6, 6.07) is 50.5. The fourth-order valence-corrected chi connectivity index (χ4v) is 10.8. The van der Waals surface area contributed by atoms with E-state index in [1.54, 1.807) is 19.0 Å². The molecule has 0 bridgehead atoms. The van der Waals surface area contributed by atoms with Gasteiger partial charge in [-0.2, -0.15) is 15.3 Å². The predicted molar refractivity (Wildman–Crippen MR) is 288 cm³/mol. The Labute approximate surface area is 443 Å². The molecule has 0 aliphatic carbocycles. The van der Waals surface area contributed by atoms with Gasteiger partial charge in [-0.25, -0.2) is 0 Å². The van der Waals surface area contributed by atoms with Gasteiger partial charge in [-0.05, 0) is 132 Å². The van der Waals surface area contributed by atoms with Crippen LogP contribution in [0.2, 0.25) is 0 Å². The summed E-state index contributed by atoms with van der Waals surface area (Å²) >= 11 is 0. The van der Waals surface area contributed by atoms with Gasteiger partial charge in [-0.1, -0.05) is 90.6 Å². The van der Waals surface area contributed by atoms with Gasteiger partial charge in [0.15, 0.2) is 0 Å². The second kappa shape index (κ2) is 21.8. The zero-order valence-electron chi connectivity index (χ0n) is 43.2. The Morgan fingerprint density at radius 1 is 0.329 bits per heavy atom. The van der Waals surface area contributed by atoms with Crippen molar-refractivity contribution in [3.05, 3.63) is 230 Å². The van der Waals surface area contributed by atoms with Crippen molar-refractivity contribution in [2.45, 2.75) is 101 Å². The molecule has 10 rings (SSSR count). The maximum Gasteiger partial charge on any atom is 3.00 e. The van der Waals surface area contributed by atoms with Crippen molar-refractivity contribution < 1.29 is 20.1 Å². The van der Waals surface area contributed by atoms with Gasteiger partial charge in [-0.3, -0.25) is 0 Å². The minimum Gasteiger partial charge on any atom is -0.322 e. The molecule has 10 heteroatoms. The summed E-state index contributed by atoms with van der Waals surface area (Å²) < 4.78 is 6.26. The van der Waals surface area contributed by atoms with Crippen LogP contribution in [-0.4, -0.2) is 44.3 Å². The van der Waals surface area contributed by atoms with Gasteiger partial charge in [0, 0.05) is 17.1 Å². The van der Waals surface area contributed by atoms with Crippen LogP contribution >= 0.6 is 0 Å². The minimum absolute atomic E-state index is 0. The van der Waals surface area contributed by atoms with E-state index in [4.69, 9.17) is 0 Å².